The third-order valence-corrected chi connectivity index (χ3v) is 5.70. The first-order valence-corrected chi connectivity index (χ1v) is 10.4. The summed E-state index contributed by atoms with van der Waals surface area (Å²) in [6.45, 7) is 11.0. The Hall–Kier alpha value is -2.55. The number of fused-ring (bicyclic) bond motifs is 2. The number of anilines is 2. The Balaban J connectivity index is 1.59. The van der Waals surface area contributed by atoms with E-state index in [9.17, 15) is 0 Å². The van der Waals surface area contributed by atoms with Crippen molar-refractivity contribution in [2.24, 2.45) is 0 Å². The fourth-order valence-electron chi connectivity index (χ4n) is 4.23. The van der Waals surface area contributed by atoms with Crippen LogP contribution in [0.25, 0.3) is 10.8 Å². The number of nitrogens with zero attached hydrogens (tertiary/aromatic N) is 1. The van der Waals surface area contributed by atoms with Crippen LogP contribution in [0.15, 0.2) is 48.5 Å². The van der Waals surface area contributed by atoms with E-state index in [0.29, 0.717) is 5.92 Å². The van der Waals surface area contributed by atoms with Crippen molar-refractivity contribution in [2.45, 2.75) is 51.9 Å². The molecule has 0 aliphatic carbocycles. The highest BCUT2D eigenvalue weighted by Crippen LogP contribution is 2.32. The number of aromatic nitrogens is 1. The average molecular weight is 374 g/mol. The summed E-state index contributed by atoms with van der Waals surface area (Å²) in [6, 6.07) is 17.4. The van der Waals surface area contributed by atoms with Gasteiger partial charge in [0.1, 0.15) is 5.82 Å². The first-order chi connectivity index (χ1) is 13.4. The van der Waals surface area contributed by atoms with E-state index in [1.807, 2.05) is 0 Å². The summed E-state index contributed by atoms with van der Waals surface area (Å²) in [5.41, 5.74) is 5.42. The zero-order valence-electron chi connectivity index (χ0n) is 17.5. The molecule has 0 saturated heterocycles. The zero-order valence-corrected chi connectivity index (χ0v) is 17.5. The first kappa shape index (κ1) is 18.8. The van der Waals surface area contributed by atoms with Crippen molar-refractivity contribution in [1.82, 2.24) is 4.98 Å². The van der Waals surface area contributed by atoms with Gasteiger partial charge in [-0.15, -0.1) is 0 Å². The molecule has 0 saturated carbocycles. The highest BCUT2D eigenvalue weighted by molar-refractivity contribution is 5.87. The molecule has 0 bridgehead atoms. The highest BCUT2D eigenvalue weighted by Gasteiger charge is 2.20. The molecular formula is C25H31N3. The SMILES string of the molecule is CC(CNc1cc2ccccc2c(C(C)(C)C)n1)c1cccc2c1CCCN2. The lowest BCUT2D eigenvalue weighted by Gasteiger charge is -2.25. The van der Waals surface area contributed by atoms with Gasteiger partial charge in [-0.1, -0.05) is 64.1 Å². The standard InChI is InChI=1S/C25H31N3/c1-17(19-11-7-13-22-21(19)12-8-14-26-22)16-27-23-15-18-9-5-6-10-20(18)24(28-23)25(2,3)4/h5-7,9-11,13,15,17,26H,8,12,14,16H2,1-4H3,(H,27,28). The molecule has 0 fully saturated rings. The Labute approximate surface area is 168 Å². The molecule has 2 heterocycles. The highest BCUT2D eigenvalue weighted by atomic mass is 15.0. The van der Waals surface area contributed by atoms with E-state index in [-0.39, 0.29) is 5.41 Å². The smallest absolute Gasteiger partial charge is 0.126 e. The molecule has 1 aliphatic rings. The number of hydrogen-bond donors (Lipinski definition) is 2. The van der Waals surface area contributed by atoms with E-state index in [1.165, 1.54) is 40.4 Å². The lowest BCUT2D eigenvalue weighted by Crippen LogP contribution is -2.19. The normalized spacial score (nSPS) is 15.0. The van der Waals surface area contributed by atoms with Crippen LogP contribution in [0.2, 0.25) is 0 Å². The van der Waals surface area contributed by atoms with Gasteiger partial charge in [0.2, 0.25) is 0 Å². The molecule has 0 spiro atoms. The molecule has 146 valence electrons. The van der Waals surface area contributed by atoms with Gasteiger partial charge in [-0.3, -0.25) is 0 Å². The average Bonchev–Trinajstić information content (AvgIpc) is 2.70. The molecule has 3 nitrogen and oxygen atoms in total. The second-order valence-electron chi connectivity index (χ2n) is 9.01. The number of nitrogens with one attached hydrogen (secondary N) is 2. The van der Waals surface area contributed by atoms with Crippen LogP contribution in [0.5, 0.6) is 0 Å². The van der Waals surface area contributed by atoms with Crippen LogP contribution in [0, 0.1) is 0 Å². The predicted molar refractivity (Wildman–Crippen MR) is 121 cm³/mol. The largest absolute Gasteiger partial charge is 0.385 e. The van der Waals surface area contributed by atoms with Crippen LogP contribution in [0.3, 0.4) is 0 Å². The Morgan fingerprint density at radius 3 is 2.75 bits per heavy atom. The molecule has 28 heavy (non-hydrogen) atoms. The van der Waals surface area contributed by atoms with E-state index in [1.54, 1.807) is 0 Å². The van der Waals surface area contributed by atoms with Gasteiger partial charge in [-0.05, 0) is 47.4 Å². The number of benzene rings is 2. The Kier molecular flexibility index (Phi) is 5.01. The van der Waals surface area contributed by atoms with Crippen LogP contribution in [0.1, 0.15) is 56.9 Å². The summed E-state index contributed by atoms with van der Waals surface area (Å²) < 4.78 is 0. The van der Waals surface area contributed by atoms with Crippen molar-refractivity contribution < 1.29 is 0 Å². The van der Waals surface area contributed by atoms with Crippen LogP contribution < -0.4 is 10.6 Å². The first-order valence-electron chi connectivity index (χ1n) is 10.4. The van der Waals surface area contributed by atoms with Crippen LogP contribution in [0.4, 0.5) is 11.5 Å². The van der Waals surface area contributed by atoms with Gasteiger partial charge in [0.25, 0.3) is 0 Å². The lowest BCUT2D eigenvalue weighted by molar-refractivity contribution is 0.576. The van der Waals surface area contributed by atoms with E-state index >= 15 is 0 Å². The van der Waals surface area contributed by atoms with Crippen LogP contribution >= 0.6 is 0 Å². The molecule has 3 heteroatoms. The summed E-state index contributed by atoms with van der Waals surface area (Å²) in [5.74, 6) is 1.40. The maximum atomic E-state index is 5.00. The Bertz CT molecular complexity index is 985. The fraction of sp³-hybridized carbons (Fsp3) is 0.400. The molecule has 3 aromatic rings. The molecule has 0 radical (unpaired) electrons. The molecule has 0 amide bonds. The molecule has 1 aromatic heterocycles. The van der Waals surface area contributed by atoms with E-state index in [2.05, 4.69) is 86.9 Å². The molecule has 4 rings (SSSR count). The number of pyridine rings is 1. The maximum Gasteiger partial charge on any atom is 0.126 e. The van der Waals surface area contributed by atoms with Crippen LogP contribution in [-0.4, -0.2) is 18.1 Å². The van der Waals surface area contributed by atoms with Crippen molar-refractivity contribution in [3.63, 3.8) is 0 Å². The Morgan fingerprint density at radius 2 is 1.93 bits per heavy atom. The second kappa shape index (κ2) is 7.46. The van der Waals surface area contributed by atoms with Crippen molar-refractivity contribution >= 4 is 22.3 Å². The van der Waals surface area contributed by atoms with Gasteiger partial charge in [-0.25, -0.2) is 4.98 Å². The summed E-state index contributed by atoms with van der Waals surface area (Å²) in [4.78, 5) is 5.00. The second-order valence-corrected chi connectivity index (χ2v) is 9.01. The molecule has 2 N–H and O–H groups in total. The predicted octanol–water partition coefficient (Wildman–Crippen LogP) is 6.11. The van der Waals surface area contributed by atoms with Crippen molar-refractivity contribution in [3.8, 4) is 0 Å². The summed E-state index contributed by atoms with van der Waals surface area (Å²) in [6.07, 6.45) is 2.39. The van der Waals surface area contributed by atoms with Gasteiger partial charge < -0.3 is 10.6 Å². The van der Waals surface area contributed by atoms with Gasteiger partial charge >= 0.3 is 0 Å². The topological polar surface area (TPSA) is 37.0 Å². The van der Waals surface area contributed by atoms with Gasteiger partial charge in [0.05, 0.1) is 5.69 Å². The third-order valence-electron chi connectivity index (χ3n) is 5.70. The van der Waals surface area contributed by atoms with Gasteiger partial charge in [0, 0.05) is 29.6 Å². The molecule has 2 aromatic carbocycles. The third kappa shape index (κ3) is 3.71. The Morgan fingerprint density at radius 1 is 1.11 bits per heavy atom. The van der Waals surface area contributed by atoms with Crippen molar-refractivity contribution in [3.05, 3.63) is 65.4 Å². The minimum atomic E-state index is 0.00703. The van der Waals surface area contributed by atoms with E-state index in [0.717, 1.165) is 24.6 Å². The van der Waals surface area contributed by atoms with Crippen LogP contribution in [-0.2, 0) is 11.8 Å². The minimum Gasteiger partial charge on any atom is -0.385 e. The van der Waals surface area contributed by atoms with E-state index in [4.69, 9.17) is 4.98 Å². The number of hydrogen-bond acceptors (Lipinski definition) is 3. The lowest BCUT2D eigenvalue weighted by atomic mass is 9.88. The van der Waals surface area contributed by atoms with Gasteiger partial charge in [0.15, 0.2) is 0 Å². The van der Waals surface area contributed by atoms with Crippen molar-refractivity contribution in [1.29, 1.82) is 0 Å². The van der Waals surface area contributed by atoms with E-state index < -0.39 is 0 Å². The molecular weight excluding hydrogens is 342 g/mol. The number of rotatable bonds is 4. The zero-order chi connectivity index (χ0) is 19.7. The van der Waals surface area contributed by atoms with Crippen molar-refractivity contribution in [2.75, 3.05) is 23.7 Å². The maximum absolute atomic E-state index is 5.00. The fourth-order valence-corrected chi connectivity index (χ4v) is 4.23. The molecule has 1 unspecified atom stereocenters. The summed E-state index contributed by atoms with van der Waals surface area (Å²) in [5, 5.41) is 9.66. The quantitative estimate of drug-likeness (QED) is 0.579. The van der Waals surface area contributed by atoms with Gasteiger partial charge in [-0.2, -0.15) is 0 Å². The summed E-state index contributed by atoms with van der Waals surface area (Å²) in [7, 11) is 0. The minimum absolute atomic E-state index is 0.00703. The monoisotopic (exact) mass is 373 g/mol. The molecule has 1 atom stereocenters. The summed E-state index contributed by atoms with van der Waals surface area (Å²) >= 11 is 0. The molecule has 1 aliphatic heterocycles.